The molecule has 0 radical (unpaired) electrons. The standard InChI is InChI=1S/C17H33NO20S4.3Na/c18-2-5-39-4-1-3-32-16-12(21)14(10(19)8(35-16)6-33-40(23,24)25)37-17-13(22)15(38-42(29,30)31)11(20)9(36-17)7-34-41(26,27)28;;;/h8-17,19-22H,1-7,18H2,(H,23,24,25)(H,26,27,28)(H,29,30,31);;;/q;3*+1/p-3/t8-,9-,10+,11+,12-,13-,14+,15+,16-,17+;;;/m1.../s1. The van der Waals surface area contributed by atoms with Crippen molar-refractivity contribution in [2.75, 3.05) is 37.9 Å². The van der Waals surface area contributed by atoms with E-state index >= 15 is 0 Å². The fourth-order valence-electron chi connectivity index (χ4n) is 3.74. The van der Waals surface area contributed by atoms with E-state index in [0.717, 1.165) is 0 Å². The third-order valence-corrected chi connectivity index (χ3v) is 7.94. The fourth-order valence-corrected chi connectivity index (χ4v) is 5.54. The van der Waals surface area contributed by atoms with E-state index in [0.29, 0.717) is 24.5 Å². The smallest absolute Gasteiger partial charge is 0.726 e. The summed E-state index contributed by atoms with van der Waals surface area (Å²) in [7, 11) is -16.3. The largest absolute Gasteiger partial charge is 1.00 e. The summed E-state index contributed by atoms with van der Waals surface area (Å²) in [4.78, 5) is 0. The van der Waals surface area contributed by atoms with Gasteiger partial charge >= 0.3 is 88.7 Å². The van der Waals surface area contributed by atoms with Crippen LogP contribution in [0.2, 0.25) is 0 Å². The summed E-state index contributed by atoms with van der Waals surface area (Å²) in [5.74, 6) is 1.22. The van der Waals surface area contributed by atoms with Gasteiger partial charge in [-0.25, -0.2) is 25.3 Å². The average Bonchev–Trinajstić information content (AvgIpc) is 2.85. The van der Waals surface area contributed by atoms with Gasteiger partial charge in [0.15, 0.2) is 12.6 Å². The van der Waals surface area contributed by atoms with E-state index in [-0.39, 0.29) is 95.3 Å². The molecule has 2 aliphatic rings. The predicted octanol–water partition coefficient (Wildman–Crippen LogP) is -14.8. The van der Waals surface area contributed by atoms with Crippen LogP contribution in [-0.2, 0) is 62.7 Å². The molecule has 2 rings (SSSR count). The number of rotatable bonds is 17. The van der Waals surface area contributed by atoms with Crippen LogP contribution in [0.25, 0.3) is 0 Å². The molecule has 0 amide bonds. The van der Waals surface area contributed by atoms with Crippen molar-refractivity contribution in [3.63, 3.8) is 0 Å². The van der Waals surface area contributed by atoms with Crippen LogP contribution in [0.4, 0.5) is 0 Å². The van der Waals surface area contributed by atoms with E-state index < -0.39 is 106 Å². The average molecular weight is 766 g/mol. The summed E-state index contributed by atoms with van der Waals surface area (Å²) < 4.78 is 132. The summed E-state index contributed by atoms with van der Waals surface area (Å²) in [5.41, 5.74) is 5.40. The number of nitrogens with two attached hydrogens (primary N) is 1. The molecule has 2 saturated heterocycles. The molecule has 45 heavy (non-hydrogen) atoms. The summed E-state index contributed by atoms with van der Waals surface area (Å²) >= 11 is 1.48. The van der Waals surface area contributed by atoms with Gasteiger partial charge in [-0.1, -0.05) is 0 Å². The molecule has 2 aliphatic heterocycles. The van der Waals surface area contributed by atoms with Crippen molar-refractivity contribution < 1.29 is 180 Å². The Labute approximate surface area is 330 Å². The maximum Gasteiger partial charge on any atom is 1.00 e. The second-order valence-corrected chi connectivity index (χ2v) is 13.0. The first-order valence-electron chi connectivity index (χ1n) is 11.8. The Morgan fingerprint density at radius 3 is 1.62 bits per heavy atom. The first-order valence-corrected chi connectivity index (χ1v) is 16.9. The molecule has 0 aromatic carbocycles. The van der Waals surface area contributed by atoms with Gasteiger partial charge in [0, 0.05) is 12.3 Å². The third-order valence-electron chi connectivity index (χ3n) is 5.53. The van der Waals surface area contributed by atoms with Crippen LogP contribution in [-0.4, -0.2) is 159 Å². The molecule has 2 fully saturated rings. The topological polar surface area (TPSA) is 343 Å². The Bertz CT molecular complexity index is 1170. The van der Waals surface area contributed by atoms with Gasteiger partial charge in [0.2, 0.25) is 31.2 Å². The number of hydrogen-bond donors (Lipinski definition) is 5. The van der Waals surface area contributed by atoms with Crippen molar-refractivity contribution in [3.8, 4) is 0 Å². The summed E-state index contributed by atoms with van der Waals surface area (Å²) in [6.45, 7) is -2.06. The van der Waals surface area contributed by atoms with E-state index in [1.165, 1.54) is 11.8 Å². The van der Waals surface area contributed by atoms with E-state index in [1.54, 1.807) is 0 Å². The van der Waals surface area contributed by atoms with Crippen LogP contribution >= 0.6 is 11.8 Å². The molecule has 6 N–H and O–H groups in total. The number of aliphatic hydroxyl groups excluding tert-OH is 4. The van der Waals surface area contributed by atoms with Crippen LogP contribution in [0.15, 0.2) is 0 Å². The Balaban J connectivity index is 0. The maximum atomic E-state index is 11.2. The van der Waals surface area contributed by atoms with Crippen molar-refractivity contribution in [2.45, 2.75) is 67.8 Å². The second kappa shape index (κ2) is 22.5. The molecule has 10 atom stereocenters. The zero-order chi connectivity index (χ0) is 31.9. The Kier molecular flexibility index (Phi) is 24.9. The van der Waals surface area contributed by atoms with E-state index in [4.69, 9.17) is 24.7 Å². The first-order chi connectivity index (χ1) is 19.3. The van der Waals surface area contributed by atoms with Gasteiger partial charge in [-0.15, -0.1) is 0 Å². The molecule has 0 saturated carbocycles. The molecule has 0 aliphatic carbocycles. The van der Waals surface area contributed by atoms with E-state index in [9.17, 15) is 59.3 Å². The Morgan fingerprint density at radius 2 is 1.16 bits per heavy atom. The minimum Gasteiger partial charge on any atom is -0.726 e. The van der Waals surface area contributed by atoms with Gasteiger partial charge in [-0.2, -0.15) is 11.8 Å². The van der Waals surface area contributed by atoms with Gasteiger partial charge in [-0.3, -0.25) is 12.5 Å². The Hall–Kier alpha value is 2.60. The first kappa shape index (κ1) is 49.7. The molecule has 28 heteroatoms. The summed E-state index contributed by atoms with van der Waals surface area (Å²) in [6, 6.07) is 0. The second-order valence-electron chi connectivity index (χ2n) is 8.63. The summed E-state index contributed by atoms with van der Waals surface area (Å²) in [5, 5.41) is 42.4. The minimum atomic E-state index is -5.64. The molecule has 0 aromatic rings. The van der Waals surface area contributed by atoms with E-state index in [2.05, 4.69) is 12.5 Å². The molecular formula is C17H30NNa3O20S4. The molecule has 250 valence electrons. The van der Waals surface area contributed by atoms with Crippen LogP contribution in [0.5, 0.6) is 0 Å². The molecule has 2 heterocycles. The van der Waals surface area contributed by atoms with Crippen molar-refractivity contribution in [3.05, 3.63) is 0 Å². The van der Waals surface area contributed by atoms with Gasteiger partial charge in [0.1, 0.15) is 48.8 Å². The van der Waals surface area contributed by atoms with Crippen LogP contribution in [0, 0.1) is 0 Å². The minimum absolute atomic E-state index is 0. The van der Waals surface area contributed by atoms with Crippen LogP contribution in [0.3, 0.4) is 0 Å². The fraction of sp³-hybridized carbons (Fsp3) is 1.00. The molecule has 0 bridgehead atoms. The summed E-state index contributed by atoms with van der Waals surface area (Å²) in [6.07, 6.45) is -20.5. The molecule has 0 aromatic heterocycles. The van der Waals surface area contributed by atoms with Gasteiger partial charge in [0.25, 0.3) is 0 Å². The van der Waals surface area contributed by atoms with Crippen LogP contribution in [0.1, 0.15) is 6.42 Å². The monoisotopic (exact) mass is 765 g/mol. The normalized spacial score (nSPS) is 32.5. The third kappa shape index (κ3) is 18.1. The van der Waals surface area contributed by atoms with Crippen molar-refractivity contribution >= 4 is 43.0 Å². The SMILES string of the molecule is NCCSCCCO[C@@H]1O[C@H](COS(=O)(=O)[O-])[C@H](O)[C@H](O[C@@H]2O[C@H](COS(=O)(=O)[O-])[C@H](O)[C@H](OS(=O)(=O)[O-])[C@H]2O)[C@H]1O.[Na+].[Na+].[Na+]. The van der Waals surface area contributed by atoms with Gasteiger partial charge in [0.05, 0.1) is 19.8 Å². The van der Waals surface area contributed by atoms with Crippen molar-refractivity contribution in [1.82, 2.24) is 0 Å². The predicted molar refractivity (Wildman–Crippen MR) is 129 cm³/mol. The van der Waals surface area contributed by atoms with Crippen LogP contribution < -0.4 is 94.4 Å². The number of ether oxygens (including phenoxy) is 4. The quantitative estimate of drug-likeness (QED) is 0.0397. The molecule has 0 unspecified atom stereocenters. The Morgan fingerprint density at radius 1 is 0.689 bits per heavy atom. The number of thioether (sulfide) groups is 1. The zero-order valence-electron chi connectivity index (χ0n) is 24.3. The number of hydrogen-bond acceptors (Lipinski definition) is 22. The van der Waals surface area contributed by atoms with Gasteiger partial charge < -0.3 is 58.8 Å². The number of aliphatic hydroxyl groups is 4. The molecule has 21 nitrogen and oxygen atoms in total. The zero-order valence-corrected chi connectivity index (χ0v) is 33.5. The van der Waals surface area contributed by atoms with Crippen molar-refractivity contribution in [1.29, 1.82) is 0 Å². The molecule has 0 spiro atoms. The van der Waals surface area contributed by atoms with Crippen molar-refractivity contribution in [2.24, 2.45) is 5.73 Å². The van der Waals surface area contributed by atoms with Gasteiger partial charge in [-0.05, 0) is 12.2 Å². The maximum absolute atomic E-state index is 11.2. The van der Waals surface area contributed by atoms with E-state index in [1.807, 2.05) is 0 Å². The molecular weight excluding hydrogens is 735 g/mol.